The number of fused-ring (bicyclic) bond motifs is 1. The van der Waals surface area contributed by atoms with Crippen LogP contribution in [0.1, 0.15) is 47.6 Å². The maximum absolute atomic E-state index is 11.0. The second-order valence-corrected chi connectivity index (χ2v) is 9.07. The third-order valence-electron chi connectivity index (χ3n) is 6.10. The van der Waals surface area contributed by atoms with Crippen LogP contribution in [0.5, 0.6) is 5.75 Å². The standard InChI is InChI=1S/C28H27NO6/c1-16(2)24-12-19(13-25-17(3)9-23(10-18(25)4)34-15-27(30)31)11-21-14-26(35-28(21)24)20-5-7-22(8-6-20)29(32)33/h5-12,14,16H,13,15H2,1-4H3,(H,30,31). The third kappa shape index (κ3) is 5.19. The average molecular weight is 474 g/mol. The summed E-state index contributed by atoms with van der Waals surface area (Å²) >= 11 is 0. The fourth-order valence-electron chi connectivity index (χ4n) is 4.33. The molecular formula is C28H27NO6. The van der Waals surface area contributed by atoms with Gasteiger partial charge in [0.2, 0.25) is 0 Å². The van der Waals surface area contributed by atoms with E-state index in [9.17, 15) is 14.9 Å². The molecule has 7 heteroatoms. The van der Waals surface area contributed by atoms with Crippen LogP contribution in [0.3, 0.4) is 0 Å². The SMILES string of the molecule is Cc1cc(OCC(=O)O)cc(C)c1Cc1cc(C(C)C)c2oc(-c3ccc([N+](=O)[O-])cc3)cc2c1. The van der Waals surface area contributed by atoms with Crippen LogP contribution in [0.2, 0.25) is 0 Å². The minimum atomic E-state index is -1.01. The number of furan rings is 1. The molecular weight excluding hydrogens is 446 g/mol. The van der Waals surface area contributed by atoms with Gasteiger partial charge in [-0.3, -0.25) is 10.1 Å². The molecule has 0 saturated carbocycles. The molecule has 0 amide bonds. The zero-order chi connectivity index (χ0) is 25.3. The van der Waals surface area contributed by atoms with Crippen molar-refractivity contribution in [3.63, 3.8) is 0 Å². The van der Waals surface area contributed by atoms with Gasteiger partial charge < -0.3 is 14.3 Å². The normalized spacial score (nSPS) is 11.2. The number of ether oxygens (including phenoxy) is 1. The number of nitro groups is 1. The Morgan fingerprint density at radius 3 is 2.29 bits per heavy atom. The molecule has 4 rings (SSSR count). The summed E-state index contributed by atoms with van der Waals surface area (Å²) in [6, 6.07) is 16.4. The molecule has 1 heterocycles. The second kappa shape index (κ2) is 9.62. The summed E-state index contributed by atoms with van der Waals surface area (Å²) in [6.07, 6.45) is 0.713. The molecule has 35 heavy (non-hydrogen) atoms. The van der Waals surface area contributed by atoms with E-state index in [0.717, 1.165) is 38.8 Å². The van der Waals surface area contributed by atoms with E-state index in [1.165, 1.54) is 17.7 Å². The molecule has 4 aromatic rings. The maximum Gasteiger partial charge on any atom is 0.341 e. The molecule has 0 radical (unpaired) electrons. The largest absolute Gasteiger partial charge is 0.482 e. The van der Waals surface area contributed by atoms with E-state index in [1.807, 2.05) is 32.0 Å². The number of hydrogen-bond donors (Lipinski definition) is 1. The van der Waals surface area contributed by atoms with Gasteiger partial charge in [-0.2, -0.15) is 0 Å². The zero-order valence-corrected chi connectivity index (χ0v) is 20.1. The van der Waals surface area contributed by atoms with Crippen LogP contribution in [0, 0.1) is 24.0 Å². The topological polar surface area (TPSA) is 103 Å². The quantitative estimate of drug-likeness (QED) is 0.223. The van der Waals surface area contributed by atoms with Gasteiger partial charge in [-0.15, -0.1) is 0 Å². The lowest BCUT2D eigenvalue weighted by atomic mass is 9.92. The Labute approximate surface area is 203 Å². The number of rotatable bonds is 8. The van der Waals surface area contributed by atoms with Crippen molar-refractivity contribution < 1.29 is 24.0 Å². The Hall–Kier alpha value is -4.13. The number of carboxylic acid groups (broad SMARTS) is 1. The summed E-state index contributed by atoms with van der Waals surface area (Å²) in [5.74, 6) is 0.447. The van der Waals surface area contributed by atoms with E-state index in [-0.39, 0.29) is 18.2 Å². The van der Waals surface area contributed by atoms with Crippen molar-refractivity contribution in [1.29, 1.82) is 0 Å². The summed E-state index contributed by atoms with van der Waals surface area (Å²) in [5, 5.41) is 20.8. The zero-order valence-electron chi connectivity index (χ0n) is 20.1. The molecule has 180 valence electrons. The Bertz CT molecular complexity index is 1390. The number of non-ortho nitro benzene ring substituents is 1. The number of aliphatic carboxylic acids is 1. The van der Waals surface area contributed by atoms with Gasteiger partial charge >= 0.3 is 5.97 Å². The lowest BCUT2D eigenvalue weighted by Gasteiger charge is -2.15. The molecule has 0 unspecified atom stereocenters. The highest BCUT2D eigenvalue weighted by Gasteiger charge is 2.16. The lowest BCUT2D eigenvalue weighted by Crippen LogP contribution is -2.10. The van der Waals surface area contributed by atoms with Crippen molar-refractivity contribution in [2.45, 2.75) is 40.0 Å². The molecule has 0 fully saturated rings. The van der Waals surface area contributed by atoms with Crippen molar-refractivity contribution in [2.75, 3.05) is 6.61 Å². The summed E-state index contributed by atoms with van der Waals surface area (Å²) in [7, 11) is 0. The first kappa shape index (κ1) is 24.0. The van der Waals surface area contributed by atoms with Gasteiger partial charge in [0.05, 0.1) is 4.92 Å². The first-order chi connectivity index (χ1) is 16.6. The van der Waals surface area contributed by atoms with E-state index in [4.69, 9.17) is 14.3 Å². The third-order valence-corrected chi connectivity index (χ3v) is 6.10. The fraction of sp³-hybridized carbons (Fsp3) is 0.250. The number of aryl methyl sites for hydroxylation is 2. The molecule has 0 aliphatic rings. The van der Waals surface area contributed by atoms with Crippen molar-refractivity contribution in [1.82, 2.24) is 0 Å². The number of carbonyl (C=O) groups is 1. The average Bonchev–Trinajstić information content (AvgIpc) is 3.23. The summed E-state index contributed by atoms with van der Waals surface area (Å²) < 4.78 is 11.6. The number of nitro benzene ring substituents is 1. The molecule has 0 aliphatic heterocycles. The molecule has 7 nitrogen and oxygen atoms in total. The van der Waals surface area contributed by atoms with Gasteiger partial charge in [0, 0.05) is 23.1 Å². The van der Waals surface area contributed by atoms with Gasteiger partial charge in [0.1, 0.15) is 17.1 Å². The number of hydrogen-bond acceptors (Lipinski definition) is 5. The van der Waals surface area contributed by atoms with Crippen molar-refractivity contribution in [3.05, 3.63) is 92.5 Å². The highest BCUT2D eigenvalue weighted by molar-refractivity contribution is 5.86. The van der Waals surface area contributed by atoms with Crippen molar-refractivity contribution in [3.8, 4) is 17.1 Å². The Kier molecular flexibility index (Phi) is 6.60. The van der Waals surface area contributed by atoms with Crippen LogP contribution in [0.25, 0.3) is 22.3 Å². The van der Waals surface area contributed by atoms with Crippen LogP contribution < -0.4 is 4.74 Å². The van der Waals surface area contributed by atoms with Crippen molar-refractivity contribution >= 4 is 22.6 Å². The maximum atomic E-state index is 11.0. The molecule has 3 aromatic carbocycles. The predicted molar refractivity (Wildman–Crippen MR) is 134 cm³/mol. The molecule has 1 N–H and O–H groups in total. The lowest BCUT2D eigenvalue weighted by molar-refractivity contribution is -0.384. The smallest absolute Gasteiger partial charge is 0.341 e. The number of carboxylic acids is 1. The monoisotopic (exact) mass is 473 g/mol. The summed E-state index contributed by atoms with van der Waals surface area (Å²) in [4.78, 5) is 21.4. The first-order valence-electron chi connectivity index (χ1n) is 11.4. The molecule has 0 atom stereocenters. The minimum Gasteiger partial charge on any atom is -0.482 e. The first-order valence-corrected chi connectivity index (χ1v) is 11.4. The molecule has 1 aromatic heterocycles. The van der Waals surface area contributed by atoms with E-state index >= 15 is 0 Å². The van der Waals surface area contributed by atoms with Crippen LogP contribution in [0.4, 0.5) is 5.69 Å². The van der Waals surface area contributed by atoms with Gasteiger partial charge in [0.25, 0.3) is 5.69 Å². The van der Waals surface area contributed by atoms with Gasteiger partial charge in [0.15, 0.2) is 6.61 Å². The van der Waals surface area contributed by atoms with Crippen LogP contribution >= 0.6 is 0 Å². The predicted octanol–water partition coefficient (Wildman–Crippen LogP) is 6.80. The number of nitrogens with zero attached hydrogens (tertiary/aromatic N) is 1. The molecule has 0 saturated heterocycles. The summed E-state index contributed by atoms with van der Waals surface area (Å²) in [6.45, 7) is 7.88. The van der Waals surface area contributed by atoms with E-state index in [0.29, 0.717) is 17.9 Å². The number of benzene rings is 3. The molecule has 0 aliphatic carbocycles. The Morgan fingerprint density at radius 2 is 1.71 bits per heavy atom. The second-order valence-electron chi connectivity index (χ2n) is 9.07. The summed E-state index contributed by atoms with van der Waals surface area (Å²) in [5.41, 5.74) is 7.13. The highest BCUT2D eigenvalue weighted by atomic mass is 16.6. The van der Waals surface area contributed by atoms with Gasteiger partial charge in [-0.25, -0.2) is 4.79 Å². The molecule has 0 spiro atoms. The minimum absolute atomic E-state index is 0.0418. The van der Waals surface area contributed by atoms with Crippen LogP contribution in [-0.2, 0) is 11.2 Å². The van der Waals surface area contributed by atoms with E-state index in [1.54, 1.807) is 12.1 Å². The van der Waals surface area contributed by atoms with Crippen LogP contribution in [-0.4, -0.2) is 22.6 Å². The van der Waals surface area contributed by atoms with E-state index < -0.39 is 10.9 Å². The van der Waals surface area contributed by atoms with Crippen molar-refractivity contribution in [2.24, 2.45) is 0 Å². The van der Waals surface area contributed by atoms with Gasteiger partial charge in [-0.1, -0.05) is 19.9 Å². The van der Waals surface area contributed by atoms with Gasteiger partial charge in [-0.05, 0) is 90.4 Å². The Morgan fingerprint density at radius 1 is 1.06 bits per heavy atom. The molecule has 0 bridgehead atoms. The Balaban J connectivity index is 1.70. The van der Waals surface area contributed by atoms with E-state index in [2.05, 4.69) is 26.0 Å². The highest BCUT2D eigenvalue weighted by Crippen LogP contribution is 2.35. The fourth-order valence-corrected chi connectivity index (χ4v) is 4.33. The van der Waals surface area contributed by atoms with Crippen LogP contribution in [0.15, 0.2) is 59.0 Å².